The van der Waals surface area contributed by atoms with E-state index in [2.05, 4.69) is 12.0 Å². The SMILES string of the molecule is Cc1cnn(CC(C)CCO)c1. The molecule has 1 rings (SSSR count). The lowest BCUT2D eigenvalue weighted by Crippen LogP contribution is -2.09. The molecule has 0 aromatic carbocycles. The van der Waals surface area contributed by atoms with Crippen LogP contribution in [0, 0.1) is 12.8 Å². The minimum absolute atomic E-state index is 0.265. The van der Waals surface area contributed by atoms with Crippen LogP contribution in [0.3, 0.4) is 0 Å². The highest BCUT2D eigenvalue weighted by Crippen LogP contribution is 2.05. The molecule has 0 saturated heterocycles. The predicted molar refractivity (Wildman–Crippen MR) is 47.8 cm³/mol. The molecule has 1 heterocycles. The molecule has 0 aliphatic rings. The molecular formula is C9H16N2O. The summed E-state index contributed by atoms with van der Waals surface area (Å²) in [6.45, 7) is 5.31. The Bertz CT molecular complexity index is 232. The average Bonchev–Trinajstić information content (AvgIpc) is 2.36. The van der Waals surface area contributed by atoms with Gasteiger partial charge in [0.2, 0.25) is 0 Å². The number of hydrogen-bond donors (Lipinski definition) is 1. The van der Waals surface area contributed by atoms with Gasteiger partial charge in [-0.3, -0.25) is 4.68 Å². The minimum Gasteiger partial charge on any atom is -0.396 e. The van der Waals surface area contributed by atoms with Crippen molar-refractivity contribution in [1.82, 2.24) is 9.78 Å². The number of nitrogens with zero attached hydrogens (tertiary/aromatic N) is 2. The number of aliphatic hydroxyl groups excluding tert-OH is 1. The Kier molecular flexibility index (Phi) is 3.29. The highest BCUT2D eigenvalue weighted by Gasteiger charge is 2.02. The van der Waals surface area contributed by atoms with Gasteiger partial charge < -0.3 is 5.11 Å². The van der Waals surface area contributed by atoms with Gasteiger partial charge in [0.25, 0.3) is 0 Å². The first kappa shape index (κ1) is 9.26. The highest BCUT2D eigenvalue weighted by atomic mass is 16.3. The van der Waals surface area contributed by atoms with Crippen LogP contribution in [-0.4, -0.2) is 21.5 Å². The number of hydrogen-bond acceptors (Lipinski definition) is 2. The molecule has 1 unspecified atom stereocenters. The predicted octanol–water partition coefficient (Wildman–Crippen LogP) is 1.21. The molecule has 0 saturated carbocycles. The van der Waals surface area contributed by atoms with Gasteiger partial charge in [0.05, 0.1) is 6.20 Å². The molecule has 1 atom stereocenters. The zero-order chi connectivity index (χ0) is 8.97. The minimum atomic E-state index is 0.265. The van der Waals surface area contributed by atoms with E-state index in [0.29, 0.717) is 5.92 Å². The number of aryl methyl sites for hydroxylation is 1. The summed E-state index contributed by atoms with van der Waals surface area (Å²) in [5.74, 6) is 0.495. The largest absolute Gasteiger partial charge is 0.396 e. The molecule has 0 radical (unpaired) electrons. The molecule has 0 spiro atoms. The van der Waals surface area contributed by atoms with Crippen LogP contribution in [0.4, 0.5) is 0 Å². The second kappa shape index (κ2) is 4.26. The van der Waals surface area contributed by atoms with Crippen molar-refractivity contribution in [2.45, 2.75) is 26.8 Å². The molecule has 0 bridgehead atoms. The van der Waals surface area contributed by atoms with E-state index in [1.54, 1.807) is 0 Å². The molecule has 3 heteroatoms. The Morgan fingerprint density at radius 1 is 1.67 bits per heavy atom. The van der Waals surface area contributed by atoms with Gasteiger partial charge in [-0.05, 0) is 24.8 Å². The molecule has 3 nitrogen and oxygen atoms in total. The van der Waals surface area contributed by atoms with Crippen LogP contribution >= 0.6 is 0 Å². The summed E-state index contributed by atoms with van der Waals surface area (Å²) in [7, 11) is 0. The van der Waals surface area contributed by atoms with Gasteiger partial charge in [-0.2, -0.15) is 5.10 Å². The molecule has 68 valence electrons. The Labute approximate surface area is 73.0 Å². The molecule has 0 aliphatic heterocycles. The summed E-state index contributed by atoms with van der Waals surface area (Å²) in [4.78, 5) is 0. The maximum absolute atomic E-state index is 8.69. The lowest BCUT2D eigenvalue weighted by Gasteiger charge is -2.08. The molecule has 0 fully saturated rings. The van der Waals surface area contributed by atoms with E-state index in [0.717, 1.165) is 13.0 Å². The number of aromatic nitrogens is 2. The van der Waals surface area contributed by atoms with E-state index in [1.165, 1.54) is 5.56 Å². The van der Waals surface area contributed by atoms with Crippen molar-refractivity contribution in [3.63, 3.8) is 0 Å². The van der Waals surface area contributed by atoms with Gasteiger partial charge in [-0.1, -0.05) is 6.92 Å². The van der Waals surface area contributed by atoms with Crippen LogP contribution in [-0.2, 0) is 6.54 Å². The third-order valence-corrected chi connectivity index (χ3v) is 1.88. The van der Waals surface area contributed by atoms with Gasteiger partial charge in [0.1, 0.15) is 0 Å². The summed E-state index contributed by atoms with van der Waals surface area (Å²) in [6, 6.07) is 0. The fraction of sp³-hybridized carbons (Fsp3) is 0.667. The quantitative estimate of drug-likeness (QED) is 0.733. The van der Waals surface area contributed by atoms with Gasteiger partial charge in [0.15, 0.2) is 0 Å². The van der Waals surface area contributed by atoms with E-state index in [-0.39, 0.29) is 6.61 Å². The first-order chi connectivity index (χ1) is 5.72. The summed E-state index contributed by atoms with van der Waals surface area (Å²) < 4.78 is 1.93. The number of rotatable bonds is 4. The zero-order valence-electron chi connectivity index (χ0n) is 7.70. The van der Waals surface area contributed by atoms with Crippen LogP contribution in [0.2, 0.25) is 0 Å². The Balaban J connectivity index is 2.41. The normalized spacial score (nSPS) is 13.2. The molecule has 1 N–H and O–H groups in total. The third-order valence-electron chi connectivity index (χ3n) is 1.88. The molecule has 12 heavy (non-hydrogen) atoms. The van der Waals surface area contributed by atoms with E-state index >= 15 is 0 Å². The molecule has 1 aromatic rings. The van der Waals surface area contributed by atoms with Crippen LogP contribution in [0.15, 0.2) is 12.4 Å². The van der Waals surface area contributed by atoms with Crippen LogP contribution in [0.25, 0.3) is 0 Å². The van der Waals surface area contributed by atoms with Crippen molar-refractivity contribution in [1.29, 1.82) is 0 Å². The fourth-order valence-corrected chi connectivity index (χ4v) is 1.20. The van der Waals surface area contributed by atoms with E-state index in [4.69, 9.17) is 5.11 Å². The average molecular weight is 168 g/mol. The third kappa shape index (κ3) is 2.66. The topological polar surface area (TPSA) is 38.0 Å². The van der Waals surface area contributed by atoms with Crippen LogP contribution in [0.5, 0.6) is 0 Å². The number of aliphatic hydroxyl groups is 1. The Hall–Kier alpha value is -0.830. The standard InChI is InChI=1S/C9H16N2O/c1-8(3-4-12)6-11-7-9(2)5-10-11/h5,7-8,12H,3-4,6H2,1-2H3. The first-order valence-corrected chi connectivity index (χ1v) is 4.32. The summed E-state index contributed by atoms with van der Waals surface area (Å²) >= 11 is 0. The lowest BCUT2D eigenvalue weighted by atomic mass is 10.1. The summed E-state index contributed by atoms with van der Waals surface area (Å²) in [5.41, 5.74) is 1.19. The van der Waals surface area contributed by atoms with Crippen molar-refractivity contribution in [3.8, 4) is 0 Å². The van der Waals surface area contributed by atoms with E-state index in [9.17, 15) is 0 Å². The van der Waals surface area contributed by atoms with Crippen molar-refractivity contribution in [2.75, 3.05) is 6.61 Å². The molecule has 0 aliphatic carbocycles. The van der Waals surface area contributed by atoms with Gasteiger partial charge in [0, 0.05) is 19.3 Å². The van der Waals surface area contributed by atoms with E-state index < -0.39 is 0 Å². The highest BCUT2D eigenvalue weighted by molar-refractivity contribution is 4.99. The second-order valence-corrected chi connectivity index (χ2v) is 3.36. The summed E-state index contributed by atoms with van der Waals surface area (Å²) in [5, 5.41) is 12.9. The van der Waals surface area contributed by atoms with Gasteiger partial charge in [-0.15, -0.1) is 0 Å². The van der Waals surface area contributed by atoms with Crippen LogP contribution in [0.1, 0.15) is 18.9 Å². The van der Waals surface area contributed by atoms with Crippen molar-refractivity contribution in [2.24, 2.45) is 5.92 Å². The van der Waals surface area contributed by atoms with Gasteiger partial charge >= 0.3 is 0 Å². The van der Waals surface area contributed by atoms with E-state index in [1.807, 2.05) is 24.0 Å². The maximum atomic E-state index is 8.69. The monoisotopic (exact) mass is 168 g/mol. The van der Waals surface area contributed by atoms with Crippen molar-refractivity contribution < 1.29 is 5.11 Å². The molecule has 1 aromatic heterocycles. The molecular weight excluding hydrogens is 152 g/mol. The van der Waals surface area contributed by atoms with Gasteiger partial charge in [-0.25, -0.2) is 0 Å². The maximum Gasteiger partial charge on any atom is 0.0518 e. The fourth-order valence-electron chi connectivity index (χ4n) is 1.20. The Morgan fingerprint density at radius 3 is 2.92 bits per heavy atom. The Morgan fingerprint density at radius 2 is 2.42 bits per heavy atom. The zero-order valence-corrected chi connectivity index (χ0v) is 7.70. The smallest absolute Gasteiger partial charge is 0.0518 e. The lowest BCUT2D eigenvalue weighted by molar-refractivity contribution is 0.251. The van der Waals surface area contributed by atoms with Crippen molar-refractivity contribution >= 4 is 0 Å². The van der Waals surface area contributed by atoms with Crippen LogP contribution < -0.4 is 0 Å². The first-order valence-electron chi connectivity index (χ1n) is 4.32. The molecule has 0 amide bonds. The summed E-state index contributed by atoms with van der Waals surface area (Å²) in [6.07, 6.45) is 4.72. The second-order valence-electron chi connectivity index (χ2n) is 3.36. The van der Waals surface area contributed by atoms with Crippen molar-refractivity contribution in [3.05, 3.63) is 18.0 Å².